The Morgan fingerprint density at radius 3 is 2.76 bits per heavy atom. The second-order valence-electron chi connectivity index (χ2n) is 7.85. The number of aromatic nitrogens is 2. The summed E-state index contributed by atoms with van der Waals surface area (Å²) in [5, 5.41) is 8.24. The van der Waals surface area contributed by atoms with Crippen molar-refractivity contribution in [3.8, 4) is 17.0 Å². The van der Waals surface area contributed by atoms with Gasteiger partial charge in [-0.05, 0) is 49.1 Å². The van der Waals surface area contributed by atoms with E-state index < -0.39 is 0 Å². The summed E-state index contributed by atoms with van der Waals surface area (Å²) in [4.78, 5) is 0. The van der Waals surface area contributed by atoms with E-state index in [-0.39, 0.29) is 0 Å². The number of halogens is 1. The van der Waals surface area contributed by atoms with Crippen LogP contribution < -0.4 is 4.74 Å². The fraction of sp³-hybridized carbons (Fsp3) is 0.148. The van der Waals surface area contributed by atoms with E-state index in [1.54, 1.807) is 12.5 Å². The molecule has 0 amide bonds. The molecule has 0 radical (unpaired) electrons. The monoisotopic (exact) mass is 458 g/mol. The Labute approximate surface area is 197 Å². The van der Waals surface area contributed by atoms with Crippen molar-refractivity contribution in [3.63, 3.8) is 0 Å². The minimum atomic E-state index is 0.436. The minimum Gasteiger partial charge on any atom is -0.488 e. The zero-order valence-electron chi connectivity index (χ0n) is 18.2. The lowest BCUT2D eigenvalue weighted by Gasteiger charge is -2.20. The van der Waals surface area contributed by atoms with Gasteiger partial charge in [-0.15, -0.1) is 0 Å². The summed E-state index contributed by atoms with van der Waals surface area (Å²) >= 11 is 6.37. The predicted octanol–water partition coefficient (Wildman–Crippen LogP) is 7.08. The third-order valence-corrected chi connectivity index (χ3v) is 5.76. The molecule has 1 N–H and O–H groups in total. The van der Waals surface area contributed by atoms with E-state index >= 15 is 0 Å². The van der Waals surface area contributed by atoms with Crippen LogP contribution in [0.25, 0.3) is 17.0 Å². The number of hydrogen-bond donors (Lipinski definition) is 1. The van der Waals surface area contributed by atoms with Gasteiger partial charge in [0.05, 0.1) is 5.56 Å². The van der Waals surface area contributed by atoms with Crippen molar-refractivity contribution in [2.24, 2.45) is 0 Å². The number of aryl methyl sites for hydroxylation is 1. The van der Waals surface area contributed by atoms with Gasteiger partial charge in [0.25, 0.3) is 0 Å². The molecule has 0 atom stereocenters. The van der Waals surface area contributed by atoms with Gasteiger partial charge in [0.15, 0.2) is 11.5 Å². The molecule has 5 rings (SSSR count). The summed E-state index contributed by atoms with van der Waals surface area (Å²) in [7, 11) is 0. The Morgan fingerprint density at radius 1 is 1.09 bits per heavy atom. The Balaban J connectivity index is 1.47. The van der Waals surface area contributed by atoms with Crippen LogP contribution in [-0.2, 0) is 16.1 Å². The summed E-state index contributed by atoms with van der Waals surface area (Å²) < 4.78 is 18.1. The molecular weight excluding hydrogens is 436 g/mol. The maximum absolute atomic E-state index is 6.37. The molecular formula is C27H23ClN2O3. The van der Waals surface area contributed by atoms with E-state index in [9.17, 15) is 0 Å². The first-order chi connectivity index (χ1) is 16.2. The molecule has 3 aromatic rings. The van der Waals surface area contributed by atoms with Gasteiger partial charge in [-0.3, -0.25) is 5.10 Å². The first kappa shape index (κ1) is 21.2. The van der Waals surface area contributed by atoms with E-state index in [1.807, 2.05) is 61.5 Å². The molecule has 5 nitrogen and oxygen atoms in total. The van der Waals surface area contributed by atoms with Crippen LogP contribution in [-0.4, -0.2) is 10.2 Å². The van der Waals surface area contributed by atoms with Crippen molar-refractivity contribution in [1.82, 2.24) is 10.2 Å². The number of nitrogens with one attached hydrogen (secondary N) is 1. The zero-order chi connectivity index (χ0) is 22.6. The molecule has 0 fully saturated rings. The lowest BCUT2D eigenvalue weighted by Crippen LogP contribution is -2.05. The number of nitrogens with zero attached hydrogens (tertiary/aromatic N) is 1. The largest absolute Gasteiger partial charge is 0.488 e. The van der Waals surface area contributed by atoms with Crippen LogP contribution in [0.4, 0.5) is 0 Å². The highest BCUT2D eigenvalue weighted by atomic mass is 35.5. The molecule has 2 heterocycles. The number of rotatable bonds is 6. The van der Waals surface area contributed by atoms with Crippen LogP contribution in [0.1, 0.15) is 29.7 Å². The molecule has 1 aromatic heterocycles. The maximum atomic E-state index is 6.37. The van der Waals surface area contributed by atoms with Crippen molar-refractivity contribution >= 4 is 17.4 Å². The van der Waals surface area contributed by atoms with Crippen molar-refractivity contribution in [1.29, 1.82) is 0 Å². The Kier molecular flexibility index (Phi) is 6.05. The van der Waals surface area contributed by atoms with Gasteiger partial charge in [-0.25, -0.2) is 0 Å². The molecule has 1 aliphatic heterocycles. The molecule has 0 saturated carbocycles. The molecule has 166 valence electrons. The van der Waals surface area contributed by atoms with E-state index in [0.717, 1.165) is 40.8 Å². The van der Waals surface area contributed by atoms with Crippen molar-refractivity contribution in [2.45, 2.75) is 26.4 Å². The van der Waals surface area contributed by atoms with E-state index in [1.165, 1.54) is 0 Å². The number of benzene rings is 2. The van der Waals surface area contributed by atoms with Crippen molar-refractivity contribution in [2.75, 3.05) is 0 Å². The fourth-order valence-corrected chi connectivity index (χ4v) is 4.03. The lowest BCUT2D eigenvalue weighted by molar-refractivity contribution is 0.285. The van der Waals surface area contributed by atoms with Gasteiger partial charge in [-0.1, -0.05) is 60.2 Å². The minimum absolute atomic E-state index is 0.436. The first-order valence-electron chi connectivity index (χ1n) is 10.8. The van der Waals surface area contributed by atoms with Crippen LogP contribution in [0, 0.1) is 6.92 Å². The fourth-order valence-electron chi connectivity index (χ4n) is 3.86. The van der Waals surface area contributed by atoms with Crippen LogP contribution in [0.3, 0.4) is 0 Å². The zero-order valence-corrected chi connectivity index (χ0v) is 18.9. The van der Waals surface area contributed by atoms with Crippen LogP contribution in [0.5, 0.6) is 5.75 Å². The number of hydrogen-bond acceptors (Lipinski definition) is 4. The molecule has 33 heavy (non-hydrogen) atoms. The third-order valence-electron chi connectivity index (χ3n) is 5.53. The SMILES string of the molecule is Cc1[nH]nc(-c2cc(Cl)ccc2OCc2ccccc2)c1C1=COC=C(C2=CC=CCC2)O1. The quantitative estimate of drug-likeness (QED) is 0.428. The van der Waals surface area contributed by atoms with Gasteiger partial charge < -0.3 is 14.2 Å². The second-order valence-corrected chi connectivity index (χ2v) is 8.28. The van der Waals surface area contributed by atoms with Crippen molar-refractivity contribution < 1.29 is 14.2 Å². The van der Waals surface area contributed by atoms with Crippen molar-refractivity contribution in [3.05, 3.63) is 112 Å². The number of allylic oxidation sites excluding steroid dienone is 4. The Morgan fingerprint density at radius 2 is 1.94 bits per heavy atom. The van der Waals surface area contributed by atoms with Gasteiger partial charge in [0.1, 0.15) is 30.6 Å². The maximum Gasteiger partial charge on any atom is 0.173 e. The number of H-pyrrole nitrogens is 1. The normalized spacial score (nSPS) is 15.2. The molecule has 0 spiro atoms. The summed E-state index contributed by atoms with van der Waals surface area (Å²) in [5.74, 6) is 1.97. The van der Waals surface area contributed by atoms with E-state index in [4.69, 9.17) is 25.8 Å². The van der Waals surface area contributed by atoms with Gasteiger partial charge in [0.2, 0.25) is 0 Å². The first-order valence-corrected chi connectivity index (χ1v) is 11.2. The molecule has 0 bridgehead atoms. The predicted molar refractivity (Wildman–Crippen MR) is 129 cm³/mol. The summed E-state index contributed by atoms with van der Waals surface area (Å²) in [6.07, 6.45) is 11.3. The van der Waals surface area contributed by atoms with Gasteiger partial charge >= 0.3 is 0 Å². The lowest BCUT2D eigenvalue weighted by atomic mass is 10.0. The highest BCUT2D eigenvalue weighted by Crippen LogP contribution is 2.40. The highest BCUT2D eigenvalue weighted by Gasteiger charge is 2.25. The van der Waals surface area contributed by atoms with Gasteiger partial charge in [0, 0.05) is 16.3 Å². The number of aromatic amines is 1. The molecule has 1 aliphatic carbocycles. The van der Waals surface area contributed by atoms with Crippen LogP contribution in [0.15, 0.2) is 90.6 Å². The summed E-state index contributed by atoms with van der Waals surface area (Å²) in [6, 6.07) is 15.6. The van der Waals surface area contributed by atoms with E-state index in [0.29, 0.717) is 34.6 Å². The summed E-state index contributed by atoms with van der Waals surface area (Å²) in [5.41, 5.74) is 5.30. The molecule has 0 saturated heterocycles. The topological polar surface area (TPSA) is 56.4 Å². The average Bonchev–Trinajstić information content (AvgIpc) is 3.25. The average molecular weight is 459 g/mol. The second kappa shape index (κ2) is 9.43. The smallest absolute Gasteiger partial charge is 0.173 e. The van der Waals surface area contributed by atoms with E-state index in [2.05, 4.69) is 22.3 Å². The third kappa shape index (κ3) is 4.59. The Bertz CT molecular complexity index is 1290. The van der Waals surface area contributed by atoms with Crippen LogP contribution in [0.2, 0.25) is 5.02 Å². The highest BCUT2D eigenvalue weighted by molar-refractivity contribution is 6.31. The standard InChI is InChI=1S/C27H23ClN2O3/c1-18-26(25-17-31-16-24(33-25)20-10-6-3-7-11-20)27(30-29-18)22-14-21(28)12-13-23(22)32-15-19-8-4-2-5-9-19/h2-6,8-10,12-14,16-17H,7,11,15H2,1H3,(H,29,30). The molecule has 2 aliphatic rings. The van der Waals surface area contributed by atoms with Gasteiger partial charge in [-0.2, -0.15) is 5.10 Å². The van der Waals surface area contributed by atoms with Crippen LogP contribution >= 0.6 is 11.6 Å². The number of ether oxygens (including phenoxy) is 3. The summed E-state index contributed by atoms with van der Waals surface area (Å²) in [6.45, 7) is 2.39. The Hall–Kier alpha value is -3.70. The molecule has 6 heteroatoms. The molecule has 0 unspecified atom stereocenters. The molecule has 2 aromatic carbocycles.